The number of aryl methyl sites for hydroxylation is 2. The lowest BCUT2D eigenvalue weighted by Crippen LogP contribution is -2.16. The van der Waals surface area contributed by atoms with Crippen molar-refractivity contribution in [2.75, 3.05) is 9.80 Å². The number of fused-ring (bicyclic) bond motifs is 6. The lowest BCUT2D eigenvalue weighted by atomic mass is 9.82. The monoisotopic (exact) mass is 978 g/mol. The van der Waals surface area contributed by atoms with Crippen LogP contribution in [0.25, 0.3) is 98.4 Å². The Hall–Kier alpha value is -9.12. The highest BCUT2D eigenvalue weighted by Gasteiger charge is 2.31. The topological polar surface area (TPSA) is 32.8 Å². The second kappa shape index (κ2) is 17.8. The molecule has 0 saturated heterocycles. The quantitative estimate of drug-likeness (QED) is 0.135. The smallest absolute Gasteiger partial charge is 0.159 e. The van der Waals surface area contributed by atoms with Crippen LogP contribution < -0.4 is 9.80 Å². The highest BCUT2D eigenvalue weighted by atomic mass is 16.3. The van der Waals surface area contributed by atoms with Gasteiger partial charge in [-0.3, -0.25) is 0 Å². The van der Waals surface area contributed by atoms with Gasteiger partial charge in [-0.1, -0.05) is 201 Å². The largest absolute Gasteiger partial charge is 0.454 e. The van der Waals surface area contributed by atoms with Crippen molar-refractivity contribution in [2.24, 2.45) is 0 Å². The molecule has 1 aliphatic rings. The SMILES string of the molecule is Cc1ccc(-c2ccccc2)c(N(c2cc(N(c3cc(C)ccc3-c3ccccc3)c3cccc4c3oc3ccccc34)c3ccc4cc(C5CCCCC5)cc5ccc2c3c54)c2cccc3c2oc2ccccc23)c1. The number of hydrogen-bond donors (Lipinski definition) is 0. The van der Waals surface area contributed by atoms with Gasteiger partial charge in [-0.15, -0.1) is 0 Å². The van der Waals surface area contributed by atoms with Gasteiger partial charge in [-0.2, -0.15) is 0 Å². The van der Waals surface area contributed by atoms with Crippen molar-refractivity contribution >= 4 is 110 Å². The molecule has 0 spiro atoms. The molecule has 0 bridgehead atoms. The van der Waals surface area contributed by atoms with Crippen LogP contribution in [0, 0.1) is 13.8 Å². The molecule has 2 heterocycles. The fourth-order valence-electron chi connectivity index (χ4n) is 12.9. The molecular weight excluding hydrogens is 925 g/mol. The molecule has 0 aliphatic heterocycles. The number of benzene rings is 12. The van der Waals surface area contributed by atoms with Gasteiger partial charge in [0.1, 0.15) is 11.2 Å². The number of hydrogen-bond acceptors (Lipinski definition) is 4. The summed E-state index contributed by atoms with van der Waals surface area (Å²) < 4.78 is 14.2. The molecule has 0 unspecified atom stereocenters. The third kappa shape index (κ3) is 7.12. The molecular formula is C72H54N2O2. The van der Waals surface area contributed by atoms with Crippen molar-refractivity contribution in [3.8, 4) is 22.3 Å². The fraction of sp³-hybridized carbons (Fsp3) is 0.111. The van der Waals surface area contributed by atoms with E-state index in [0.29, 0.717) is 5.92 Å². The summed E-state index contributed by atoms with van der Waals surface area (Å²) in [6.07, 6.45) is 6.39. The van der Waals surface area contributed by atoms with Gasteiger partial charge in [-0.25, -0.2) is 0 Å². The summed E-state index contributed by atoms with van der Waals surface area (Å²) >= 11 is 0. The van der Waals surface area contributed by atoms with Gasteiger partial charge in [0.05, 0.1) is 34.1 Å². The Morgan fingerprint density at radius 3 is 1.30 bits per heavy atom. The summed E-state index contributed by atoms with van der Waals surface area (Å²) in [6, 6.07) is 82.7. The Labute approximate surface area is 442 Å². The summed E-state index contributed by atoms with van der Waals surface area (Å²) in [5, 5.41) is 11.7. The third-order valence-electron chi connectivity index (χ3n) is 16.5. The molecule has 364 valence electrons. The lowest BCUT2D eigenvalue weighted by Gasteiger charge is -2.34. The van der Waals surface area contributed by atoms with Crippen LogP contribution in [0.3, 0.4) is 0 Å². The summed E-state index contributed by atoms with van der Waals surface area (Å²) in [4.78, 5) is 5.02. The average molecular weight is 979 g/mol. The lowest BCUT2D eigenvalue weighted by molar-refractivity contribution is 0.444. The third-order valence-corrected chi connectivity index (χ3v) is 16.5. The average Bonchev–Trinajstić information content (AvgIpc) is 4.17. The van der Waals surface area contributed by atoms with Crippen molar-refractivity contribution < 1.29 is 8.83 Å². The first-order chi connectivity index (χ1) is 37.5. The second-order valence-corrected chi connectivity index (χ2v) is 21.1. The molecule has 1 fully saturated rings. The van der Waals surface area contributed by atoms with E-state index in [2.05, 4.69) is 248 Å². The molecule has 0 atom stereocenters. The summed E-state index contributed by atoms with van der Waals surface area (Å²) in [5.41, 5.74) is 17.8. The number of anilines is 6. The predicted octanol–water partition coefficient (Wildman–Crippen LogP) is 21.3. The summed E-state index contributed by atoms with van der Waals surface area (Å²) in [5.74, 6) is 0.567. The second-order valence-electron chi connectivity index (χ2n) is 21.1. The van der Waals surface area contributed by atoms with Crippen LogP contribution in [0.1, 0.15) is 54.7 Å². The molecule has 14 aromatic rings. The van der Waals surface area contributed by atoms with E-state index in [0.717, 1.165) is 122 Å². The van der Waals surface area contributed by atoms with E-state index in [1.807, 2.05) is 0 Å². The Kier molecular flexibility index (Phi) is 10.4. The van der Waals surface area contributed by atoms with Crippen LogP contribution in [0.15, 0.2) is 233 Å². The Morgan fingerprint density at radius 2 is 0.803 bits per heavy atom. The van der Waals surface area contributed by atoms with E-state index in [1.54, 1.807) is 0 Å². The van der Waals surface area contributed by atoms with Crippen molar-refractivity contribution in [2.45, 2.75) is 51.9 Å². The van der Waals surface area contributed by atoms with E-state index in [1.165, 1.54) is 59.2 Å². The molecule has 12 aromatic carbocycles. The Morgan fingerprint density at radius 1 is 0.342 bits per heavy atom. The van der Waals surface area contributed by atoms with Crippen LogP contribution in [0.2, 0.25) is 0 Å². The molecule has 4 heteroatoms. The molecule has 0 radical (unpaired) electrons. The first kappa shape index (κ1) is 44.4. The summed E-state index contributed by atoms with van der Waals surface area (Å²) in [6.45, 7) is 4.41. The van der Waals surface area contributed by atoms with Gasteiger partial charge >= 0.3 is 0 Å². The van der Waals surface area contributed by atoms with Gasteiger partial charge in [0.15, 0.2) is 11.2 Å². The molecule has 15 rings (SSSR count). The van der Waals surface area contributed by atoms with E-state index in [9.17, 15) is 0 Å². The van der Waals surface area contributed by atoms with E-state index in [4.69, 9.17) is 8.83 Å². The number of nitrogens with zero attached hydrogens (tertiary/aromatic N) is 2. The maximum atomic E-state index is 7.09. The van der Waals surface area contributed by atoms with Crippen molar-refractivity contribution in [1.29, 1.82) is 0 Å². The fourth-order valence-corrected chi connectivity index (χ4v) is 12.9. The first-order valence-corrected chi connectivity index (χ1v) is 27.0. The van der Waals surface area contributed by atoms with Gasteiger partial charge in [0, 0.05) is 48.8 Å². The normalized spacial score (nSPS) is 13.3. The van der Waals surface area contributed by atoms with E-state index >= 15 is 0 Å². The molecule has 1 aliphatic carbocycles. The molecule has 4 nitrogen and oxygen atoms in total. The minimum absolute atomic E-state index is 0.567. The molecule has 0 amide bonds. The van der Waals surface area contributed by atoms with Gasteiger partial charge in [0.2, 0.25) is 0 Å². The maximum absolute atomic E-state index is 7.09. The van der Waals surface area contributed by atoms with Crippen molar-refractivity contribution in [3.05, 3.63) is 241 Å². The van der Waals surface area contributed by atoms with Crippen molar-refractivity contribution in [3.63, 3.8) is 0 Å². The highest BCUT2D eigenvalue weighted by Crippen LogP contribution is 2.55. The zero-order chi connectivity index (χ0) is 50.4. The predicted molar refractivity (Wildman–Crippen MR) is 320 cm³/mol. The summed E-state index contributed by atoms with van der Waals surface area (Å²) in [7, 11) is 0. The highest BCUT2D eigenvalue weighted by molar-refractivity contribution is 6.30. The van der Waals surface area contributed by atoms with Crippen LogP contribution in [0.4, 0.5) is 34.1 Å². The molecule has 76 heavy (non-hydrogen) atoms. The van der Waals surface area contributed by atoms with Gasteiger partial charge in [-0.05, 0) is 119 Å². The van der Waals surface area contributed by atoms with E-state index in [-0.39, 0.29) is 0 Å². The minimum atomic E-state index is 0.567. The van der Waals surface area contributed by atoms with Crippen LogP contribution in [0.5, 0.6) is 0 Å². The first-order valence-electron chi connectivity index (χ1n) is 27.0. The van der Waals surface area contributed by atoms with Gasteiger partial charge in [0.25, 0.3) is 0 Å². The maximum Gasteiger partial charge on any atom is 0.159 e. The number of para-hydroxylation sites is 4. The van der Waals surface area contributed by atoms with Crippen LogP contribution in [-0.2, 0) is 0 Å². The molecule has 2 aromatic heterocycles. The number of rotatable bonds is 9. The number of furan rings is 2. The standard InChI is InChI=1S/C72H54N2O2/c1-45-32-36-53(48-20-8-4-9-21-48)63(40-45)73(61-28-16-26-57-55-24-12-14-30-67(55)75-71(57)61)65-44-66(60-39-35-51-43-52(47-18-6-3-7-19-47)42-50-34-38-59(65)70(60)69(50)51)74(64-41-46(2)33-37-54(64)49-22-10-5-11-23-49)62-29-17-27-58-56-25-13-15-31-68(56)76-72(58)62/h4-5,8-17,20-44,47H,3,6-7,18-19H2,1-2H3. The molecule has 1 saturated carbocycles. The van der Waals surface area contributed by atoms with Crippen LogP contribution >= 0.6 is 0 Å². The Balaban J connectivity index is 1.13. The van der Waals surface area contributed by atoms with E-state index < -0.39 is 0 Å². The van der Waals surface area contributed by atoms with Gasteiger partial charge < -0.3 is 18.6 Å². The zero-order valence-electron chi connectivity index (χ0n) is 42.7. The Bertz CT molecular complexity index is 4270. The molecule has 0 N–H and O–H groups in total. The zero-order valence-corrected chi connectivity index (χ0v) is 42.7. The minimum Gasteiger partial charge on any atom is -0.454 e. The van der Waals surface area contributed by atoms with Crippen LogP contribution in [-0.4, -0.2) is 0 Å². The van der Waals surface area contributed by atoms with Crippen molar-refractivity contribution in [1.82, 2.24) is 0 Å².